The lowest BCUT2D eigenvalue weighted by Gasteiger charge is -2.03. The molecule has 4 nitrogen and oxygen atoms in total. The fourth-order valence-electron chi connectivity index (χ4n) is 0.873. The lowest BCUT2D eigenvalue weighted by molar-refractivity contribution is 0.464. The molecule has 11 heavy (non-hydrogen) atoms. The van der Waals surface area contributed by atoms with Crippen LogP contribution in [0.15, 0.2) is 12.4 Å². The van der Waals surface area contributed by atoms with E-state index in [1.165, 1.54) is 6.20 Å². The molecule has 0 saturated carbocycles. The fourth-order valence-corrected chi connectivity index (χ4v) is 0.873. The highest BCUT2D eigenvalue weighted by atomic mass is 16.3. The van der Waals surface area contributed by atoms with E-state index in [1.807, 2.05) is 6.07 Å². The standard InChI is InChI=1S/C7H9N3O/c8-2-1-6(9)5-3-10-4-7(5)11/h3-4,6,10-11H,1,9H2/t6-/m0/s1. The van der Waals surface area contributed by atoms with Crippen LogP contribution in [0.5, 0.6) is 5.75 Å². The molecule has 0 aliphatic heterocycles. The van der Waals surface area contributed by atoms with Gasteiger partial charge in [-0.05, 0) is 0 Å². The molecule has 0 saturated heterocycles. The Morgan fingerprint density at radius 3 is 2.91 bits per heavy atom. The van der Waals surface area contributed by atoms with E-state index in [2.05, 4.69) is 4.98 Å². The van der Waals surface area contributed by atoms with E-state index in [-0.39, 0.29) is 12.2 Å². The third-order valence-corrected chi connectivity index (χ3v) is 1.47. The van der Waals surface area contributed by atoms with Gasteiger partial charge in [-0.1, -0.05) is 0 Å². The van der Waals surface area contributed by atoms with Crippen molar-refractivity contribution in [2.75, 3.05) is 0 Å². The van der Waals surface area contributed by atoms with Gasteiger partial charge in [0.25, 0.3) is 0 Å². The predicted octanol–water partition coefficient (Wildman–Crippen LogP) is 0.634. The minimum Gasteiger partial charge on any atom is -0.506 e. The number of hydrogen-bond donors (Lipinski definition) is 3. The summed E-state index contributed by atoms with van der Waals surface area (Å²) >= 11 is 0. The second kappa shape index (κ2) is 3.08. The van der Waals surface area contributed by atoms with Gasteiger partial charge in [-0.25, -0.2) is 0 Å². The summed E-state index contributed by atoms with van der Waals surface area (Å²) in [7, 11) is 0. The molecule has 58 valence electrons. The van der Waals surface area contributed by atoms with Crippen LogP contribution in [0.4, 0.5) is 0 Å². The number of aromatic nitrogens is 1. The van der Waals surface area contributed by atoms with Crippen LogP contribution in [-0.4, -0.2) is 10.1 Å². The van der Waals surface area contributed by atoms with Crippen molar-refractivity contribution in [2.24, 2.45) is 5.73 Å². The molecular weight excluding hydrogens is 142 g/mol. The third-order valence-electron chi connectivity index (χ3n) is 1.47. The average molecular weight is 151 g/mol. The summed E-state index contributed by atoms with van der Waals surface area (Å²) in [5.74, 6) is 0.118. The monoisotopic (exact) mass is 151 g/mol. The molecule has 1 aromatic rings. The van der Waals surface area contributed by atoms with E-state index in [0.29, 0.717) is 5.56 Å². The molecule has 0 unspecified atom stereocenters. The molecule has 4 N–H and O–H groups in total. The van der Waals surface area contributed by atoms with Crippen LogP contribution in [-0.2, 0) is 0 Å². The second-order valence-electron chi connectivity index (χ2n) is 2.26. The minimum absolute atomic E-state index is 0.118. The van der Waals surface area contributed by atoms with Crippen molar-refractivity contribution in [1.82, 2.24) is 4.98 Å². The average Bonchev–Trinajstić information content (AvgIpc) is 2.36. The van der Waals surface area contributed by atoms with Crippen molar-refractivity contribution >= 4 is 0 Å². The van der Waals surface area contributed by atoms with E-state index in [4.69, 9.17) is 16.1 Å². The summed E-state index contributed by atoms with van der Waals surface area (Å²) in [5.41, 5.74) is 6.14. The summed E-state index contributed by atoms with van der Waals surface area (Å²) in [6.07, 6.45) is 3.25. The molecule has 1 heterocycles. The number of nitrogens with zero attached hydrogens (tertiary/aromatic N) is 1. The highest BCUT2D eigenvalue weighted by molar-refractivity contribution is 5.31. The van der Waals surface area contributed by atoms with E-state index in [0.717, 1.165) is 0 Å². The van der Waals surface area contributed by atoms with Crippen LogP contribution in [0.2, 0.25) is 0 Å². The summed E-state index contributed by atoms with van der Waals surface area (Å²) in [6, 6.07) is 1.54. The number of aromatic hydroxyl groups is 1. The maximum absolute atomic E-state index is 9.13. The lowest BCUT2D eigenvalue weighted by Crippen LogP contribution is -2.08. The molecule has 1 aromatic heterocycles. The smallest absolute Gasteiger partial charge is 0.137 e. The van der Waals surface area contributed by atoms with Crippen molar-refractivity contribution in [3.8, 4) is 11.8 Å². The second-order valence-corrected chi connectivity index (χ2v) is 2.26. The number of nitrogens with two attached hydrogens (primary N) is 1. The van der Waals surface area contributed by atoms with Gasteiger partial charge in [0.15, 0.2) is 0 Å². The van der Waals surface area contributed by atoms with Crippen LogP contribution in [0, 0.1) is 11.3 Å². The molecule has 0 bridgehead atoms. The van der Waals surface area contributed by atoms with Crippen molar-refractivity contribution in [3.05, 3.63) is 18.0 Å². The third kappa shape index (κ3) is 1.51. The number of rotatable bonds is 2. The van der Waals surface area contributed by atoms with E-state index in [9.17, 15) is 0 Å². The molecule has 0 aliphatic carbocycles. The number of H-pyrrole nitrogens is 1. The Bertz CT molecular complexity index is 273. The van der Waals surface area contributed by atoms with Crippen molar-refractivity contribution in [3.63, 3.8) is 0 Å². The van der Waals surface area contributed by atoms with Gasteiger partial charge in [0, 0.05) is 24.0 Å². The quantitative estimate of drug-likeness (QED) is 0.579. The Morgan fingerprint density at radius 1 is 1.73 bits per heavy atom. The van der Waals surface area contributed by atoms with E-state index >= 15 is 0 Å². The van der Waals surface area contributed by atoms with E-state index in [1.54, 1.807) is 6.20 Å². The Morgan fingerprint density at radius 2 is 2.45 bits per heavy atom. The molecule has 0 amide bonds. The maximum Gasteiger partial charge on any atom is 0.137 e. The van der Waals surface area contributed by atoms with Crippen LogP contribution < -0.4 is 5.73 Å². The number of hydrogen-bond acceptors (Lipinski definition) is 3. The van der Waals surface area contributed by atoms with Crippen molar-refractivity contribution < 1.29 is 5.11 Å². The highest BCUT2D eigenvalue weighted by Gasteiger charge is 2.10. The van der Waals surface area contributed by atoms with E-state index < -0.39 is 6.04 Å². The largest absolute Gasteiger partial charge is 0.506 e. The Labute approximate surface area is 64.3 Å². The lowest BCUT2D eigenvalue weighted by atomic mass is 10.1. The molecule has 1 rings (SSSR count). The van der Waals surface area contributed by atoms with Gasteiger partial charge in [0.05, 0.1) is 12.5 Å². The van der Waals surface area contributed by atoms with Gasteiger partial charge in [-0.2, -0.15) is 5.26 Å². The van der Waals surface area contributed by atoms with Gasteiger partial charge in [-0.3, -0.25) is 0 Å². The normalized spacial score (nSPS) is 12.4. The molecule has 0 radical (unpaired) electrons. The zero-order valence-corrected chi connectivity index (χ0v) is 5.91. The minimum atomic E-state index is -0.397. The summed E-state index contributed by atoms with van der Waals surface area (Å²) in [5, 5.41) is 17.4. The topological polar surface area (TPSA) is 85.8 Å². The molecule has 1 atom stereocenters. The zero-order chi connectivity index (χ0) is 8.27. The summed E-state index contributed by atoms with van der Waals surface area (Å²) in [6.45, 7) is 0. The van der Waals surface area contributed by atoms with Crippen LogP contribution in [0.1, 0.15) is 18.0 Å². The predicted molar refractivity (Wildman–Crippen MR) is 39.6 cm³/mol. The van der Waals surface area contributed by atoms with Crippen molar-refractivity contribution in [2.45, 2.75) is 12.5 Å². The van der Waals surface area contributed by atoms with Crippen molar-refractivity contribution in [1.29, 1.82) is 5.26 Å². The molecule has 0 fully saturated rings. The Hall–Kier alpha value is -1.47. The number of nitriles is 1. The summed E-state index contributed by atoms with van der Waals surface area (Å²) < 4.78 is 0. The summed E-state index contributed by atoms with van der Waals surface area (Å²) in [4.78, 5) is 2.70. The molecule has 0 aliphatic rings. The van der Waals surface area contributed by atoms with Crippen LogP contribution in [0.25, 0.3) is 0 Å². The van der Waals surface area contributed by atoms with Crippen LogP contribution >= 0.6 is 0 Å². The zero-order valence-electron chi connectivity index (χ0n) is 5.91. The van der Waals surface area contributed by atoms with Gasteiger partial charge in [0.1, 0.15) is 5.75 Å². The number of nitrogens with one attached hydrogen (secondary N) is 1. The van der Waals surface area contributed by atoms with Gasteiger partial charge >= 0.3 is 0 Å². The molecule has 0 aromatic carbocycles. The van der Waals surface area contributed by atoms with Crippen LogP contribution in [0.3, 0.4) is 0 Å². The molecular formula is C7H9N3O. The van der Waals surface area contributed by atoms with Gasteiger partial charge in [-0.15, -0.1) is 0 Å². The van der Waals surface area contributed by atoms with Gasteiger partial charge in [0.2, 0.25) is 0 Å². The fraction of sp³-hybridized carbons (Fsp3) is 0.286. The first-order valence-electron chi connectivity index (χ1n) is 3.24. The Balaban J connectivity index is 2.77. The maximum atomic E-state index is 9.13. The molecule has 4 heteroatoms. The Kier molecular flexibility index (Phi) is 2.14. The first-order valence-corrected chi connectivity index (χ1v) is 3.24. The molecule has 0 spiro atoms. The highest BCUT2D eigenvalue weighted by Crippen LogP contribution is 2.22. The SMILES string of the molecule is N#CC[C@H](N)c1c[nH]cc1O. The number of aromatic amines is 1. The van der Waals surface area contributed by atoms with Gasteiger partial charge < -0.3 is 15.8 Å². The first kappa shape index (κ1) is 7.63. The first-order chi connectivity index (χ1) is 5.25.